The first-order valence-electron chi connectivity index (χ1n) is 6.43. The first-order chi connectivity index (χ1) is 9.75. The van der Waals surface area contributed by atoms with E-state index in [1.807, 2.05) is 0 Å². The SMILES string of the molecule is CCC(CC)(CC(=O)Nc1c(Cl)cc(F)cc1Cl)C(=O)O. The van der Waals surface area contributed by atoms with Gasteiger partial charge in [0.05, 0.1) is 21.1 Å². The fourth-order valence-electron chi connectivity index (χ4n) is 2.03. The molecule has 0 aliphatic rings. The second-order valence-electron chi connectivity index (χ2n) is 4.76. The smallest absolute Gasteiger partial charge is 0.310 e. The predicted molar refractivity (Wildman–Crippen MR) is 80.3 cm³/mol. The Morgan fingerprint density at radius 2 is 1.71 bits per heavy atom. The molecule has 116 valence electrons. The van der Waals surface area contributed by atoms with Crippen molar-refractivity contribution in [2.75, 3.05) is 5.32 Å². The molecule has 0 aromatic heterocycles. The minimum atomic E-state index is -1.14. The molecule has 1 aromatic rings. The van der Waals surface area contributed by atoms with Crippen LogP contribution in [0.4, 0.5) is 10.1 Å². The van der Waals surface area contributed by atoms with E-state index in [-0.39, 0.29) is 22.2 Å². The number of carbonyl (C=O) groups is 2. The highest BCUT2D eigenvalue weighted by Crippen LogP contribution is 2.34. The molecule has 0 bridgehead atoms. The van der Waals surface area contributed by atoms with Gasteiger partial charge in [-0.3, -0.25) is 9.59 Å². The first-order valence-corrected chi connectivity index (χ1v) is 7.19. The van der Waals surface area contributed by atoms with Crippen LogP contribution in [0.15, 0.2) is 12.1 Å². The number of carbonyl (C=O) groups excluding carboxylic acids is 1. The van der Waals surface area contributed by atoms with E-state index in [1.165, 1.54) is 0 Å². The standard InChI is InChI=1S/C14H16Cl2FNO3/c1-3-14(4-2,13(20)21)7-11(19)18-12-9(15)5-8(17)6-10(12)16/h5-6H,3-4,7H2,1-2H3,(H,18,19)(H,20,21). The lowest BCUT2D eigenvalue weighted by Crippen LogP contribution is -2.34. The van der Waals surface area contributed by atoms with E-state index >= 15 is 0 Å². The van der Waals surface area contributed by atoms with Gasteiger partial charge >= 0.3 is 5.97 Å². The highest BCUT2D eigenvalue weighted by atomic mass is 35.5. The van der Waals surface area contributed by atoms with Crippen molar-refractivity contribution in [1.29, 1.82) is 0 Å². The lowest BCUT2D eigenvalue weighted by atomic mass is 9.79. The molecule has 0 atom stereocenters. The van der Waals surface area contributed by atoms with Gasteiger partial charge in [-0.15, -0.1) is 0 Å². The molecule has 4 nitrogen and oxygen atoms in total. The third kappa shape index (κ3) is 4.08. The highest BCUT2D eigenvalue weighted by Gasteiger charge is 2.37. The number of halogens is 3. The number of amides is 1. The maximum Gasteiger partial charge on any atom is 0.310 e. The minimum absolute atomic E-state index is 0.0396. The number of benzene rings is 1. The quantitative estimate of drug-likeness (QED) is 0.811. The summed E-state index contributed by atoms with van der Waals surface area (Å²) >= 11 is 11.6. The fourth-order valence-corrected chi connectivity index (χ4v) is 2.59. The van der Waals surface area contributed by atoms with Crippen LogP contribution in [0.25, 0.3) is 0 Å². The topological polar surface area (TPSA) is 66.4 Å². The summed E-state index contributed by atoms with van der Waals surface area (Å²) in [5.74, 6) is -2.18. The van der Waals surface area contributed by atoms with Crippen molar-refractivity contribution >= 4 is 40.8 Å². The predicted octanol–water partition coefficient (Wildman–Crippen LogP) is 4.35. The summed E-state index contributed by atoms with van der Waals surface area (Å²) in [7, 11) is 0. The summed E-state index contributed by atoms with van der Waals surface area (Å²) in [5.41, 5.74) is -1.06. The zero-order valence-electron chi connectivity index (χ0n) is 11.7. The molecule has 1 amide bonds. The maximum atomic E-state index is 13.1. The van der Waals surface area contributed by atoms with Crippen LogP contribution < -0.4 is 5.32 Å². The van der Waals surface area contributed by atoms with Gasteiger partial charge in [-0.05, 0) is 25.0 Å². The van der Waals surface area contributed by atoms with Crippen LogP contribution in [-0.4, -0.2) is 17.0 Å². The minimum Gasteiger partial charge on any atom is -0.481 e. The van der Waals surface area contributed by atoms with E-state index in [0.717, 1.165) is 12.1 Å². The largest absolute Gasteiger partial charge is 0.481 e. The molecule has 0 radical (unpaired) electrons. The monoisotopic (exact) mass is 335 g/mol. The van der Waals surface area contributed by atoms with Gasteiger partial charge in [0.1, 0.15) is 5.82 Å². The lowest BCUT2D eigenvalue weighted by Gasteiger charge is -2.26. The van der Waals surface area contributed by atoms with Gasteiger partial charge in [0, 0.05) is 6.42 Å². The molecule has 1 rings (SSSR count). The van der Waals surface area contributed by atoms with Crippen molar-refractivity contribution in [3.05, 3.63) is 28.0 Å². The van der Waals surface area contributed by atoms with Crippen LogP contribution in [-0.2, 0) is 9.59 Å². The van der Waals surface area contributed by atoms with Gasteiger partial charge in [0.15, 0.2) is 0 Å². The number of carboxylic acid groups (broad SMARTS) is 1. The molecule has 0 fully saturated rings. The van der Waals surface area contributed by atoms with E-state index in [2.05, 4.69) is 5.32 Å². The van der Waals surface area contributed by atoms with Gasteiger partial charge in [0.2, 0.25) is 5.91 Å². The van der Waals surface area contributed by atoms with Gasteiger partial charge < -0.3 is 10.4 Å². The molecular weight excluding hydrogens is 320 g/mol. The van der Waals surface area contributed by atoms with E-state index in [4.69, 9.17) is 23.2 Å². The summed E-state index contributed by atoms with van der Waals surface area (Å²) in [5, 5.41) is 11.7. The molecule has 0 aliphatic carbocycles. The van der Waals surface area contributed by atoms with Gasteiger partial charge in [-0.1, -0.05) is 37.0 Å². The molecule has 0 aliphatic heterocycles. The fraction of sp³-hybridized carbons (Fsp3) is 0.429. The molecule has 0 heterocycles. The number of anilines is 1. The van der Waals surface area contributed by atoms with Crippen LogP contribution in [0, 0.1) is 11.2 Å². The number of rotatable bonds is 6. The Morgan fingerprint density at radius 1 is 1.24 bits per heavy atom. The van der Waals surface area contributed by atoms with Crippen molar-refractivity contribution < 1.29 is 19.1 Å². The van der Waals surface area contributed by atoms with Crippen molar-refractivity contribution in [3.63, 3.8) is 0 Å². The summed E-state index contributed by atoms with van der Waals surface area (Å²) in [6, 6.07) is 2.04. The Bertz CT molecular complexity index is 536. The second kappa shape index (κ2) is 7.09. The Labute approximate surface area is 132 Å². The third-order valence-electron chi connectivity index (χ3n) is 3.58. The normalized spacial score (nSPS) is 11.3. The zero-order chi connectivity index (χ0) is 16.2. The molecule has 0 spiro atoms. The summed E-state index contributed by atoms with van der Waals surface area (Å²) < 4.78 is 13.1. The average Bonchev–Trinajstić information content (AvgIpc) is 2.40. The molecule has 0 unspecified atom stereocenters. The second-order valence-corrected chi connectivity index (χ2v) is 5.58. The van der Waals surface area contributed by atoms with E-state index in [9.17, 15) is 19.1 Å². The Kier molecular flexibility index (Phi) is 5.98. The van der Waals surface area contributed by atoms with Gasteiger partial charge in [0.25, 0.3) is 0 Å². The van der Waals surface area contributed by atoms with E-state index in [0.29, 0.717) is 12.8 Å². The summed E-state index contributed by atoms with van der Waals surface area (Å²) in [6.07, 6.45) is 0.424. The third-order valence-corrected chi connectivity index (χ3v) is 4.17. The Balaban J connectivity index is 2.95. The molecule has 0 saturated carbocycles. The van der Waals surface area contributed by atoms with Crippen molar-refractivity contribution in [2.24, 2.45) is 5.41 Å². The Hall–Kier alpha value is -1.33. The maximum absolute atomic E-state index is 13.1. The number of carboxylic acids is 1. The molecule has 7 heteroatoms. The van der Waals surface area contributed by atoms with Crippen LogP contribution in [0.3, 0.4) is 0 Å². The molecule has 21 heavy (non-hydrogen) atoms. The highest BCUT2D eigenvalue weighted by molar-refractivity contribution is 6.39. The lowest BCUT2D eigenvalue weighted by molar-refractivity contribution is -0.151. The molecule has 2 N–H and O–H groups in total. The number of aliphatic carboxylic acids is 1. The molecular formula is C14H16Cl2FNO3. The van der Waals surface area contributed by atoms with Gasteiger partial charge in [-0.2, -0.15) is 0 Å². The number of hydrogen-bond donors (Lipinski definition) is 2. The van der Waals surface area contributed by atoms with Crippen molar-refractivity contribution in [3.8, 4) is 0 Å². The molecule has 0 saturated heterocycles. The first kappa shape index (κ1) is 17.7. The van der Waals surface area contributed by atoms with Crippen molar-refractivity contribution in [1.82, 2.24) is 0 Å². The van der Waals surface area contributed by atoms with Crippen LogP contribution in [0.1, 0.15) is 33.1 Å². The van der Waals surface area contributed by atoms with Crippen LogP contribution in [0.2, 0.25) is 10.0 Å². The van der Waals surface area contributed by atoms with Crippen molar-refractivity contribution in [2.45, 2.75) is 33.1 Å². The van der Waals surface area contributed by atoms with Crippen LogP contribution >= 0.6 is 23.2 Å². The van der Waals surface area contributed by atoms with E-state index in [1.54, 1.807) is 13.8 Å². The zero-order valence-corrected chi connectivity index (χ0v) is 13.2. The summed E-state index contributed by atoms with van der Waals surface area (Å²) in [6.45, 7) is 3.42. The number of hydrogen-bond acceptors (Lipinski definition) is 2. The van der Waals surface area contributed by atoms with E-state index < -0.39 is 23.1 Å². The summed E-state index contributed by atoms with van der Waals surface area (Å²) in [4.78, 5) is 23.4. The molecule has 1 aromatic carbocycles. The number of nitrogens with one attached hydrogen (secondary N) is 1. The average molecular weight is 336 g/mol. The Morgan fingerprint density at radius 3 is 2.10 bits per heavy atom. The van der Waals surface area contributed by atoms with Crippen LogP contribution in [0.5, 0.6) is 0 Å². The van der Waals surface area contributed by atoms with Gasteiger partial charge in [-0.25, -0.2) is 4.39 Å².